The lowest BCUT2D eigenvalue weighted by Crippen LogP contribution is -2.39. The van der Waals surface area contributed by atoms with E-state index < -0.39 is 11.7 Å². The Bertz CT molecular complexity index is 492. The van der Waals surface area contributed by atoms with Crippen molar-refractivity contribution in [2.24, 2.45) is 10.7 Å². The van der Waals surface area contributed by atoms with Gasteiger partial charge < -0.3 is 11.1 Å². The molecule has 0 amide bonds. The molecular formula is C16H23F3IN3. The molecule has 0 radical (unpaired) electrons. The average Bonchev–Trinajstić information content (AvgIpc) is 2.73. The quantitative estimate of drug-likeness (QED) is 0.315. The maximum atomic E-state index is 12.5. The first-order valence-corrected chi connectivity index (χ1v) is 7.68. The molecule has 1 aromatic rings. The molecule has 0 spiro atoms. The van der Waals surface area contributed by atoms with Crippen molar-refractivity contribution in [2.75, 3.05) is 0 Å². The maximum Gasteiger partial charge on any atom is 0.416 e. The second-order valence-corrected chi connectivity index (χ2v) is 5.73. The molecule has 1 aliphatic carbocycles. The number of hydrogen-bond donors (Lipinski definition) is 2. The number of halogens is 4. The molecular weight excluding hydrogens is 418 g/mol. The van der Waals surface area contributed by atoms with E-state index in [2.05, 4.69) is 10.3 Å². The maximum absolute atomic E-state index is 12.5. The minimum absolute atomic E-state index is 0. The van der Waals surface area contributed by atoms with E-state index in [9.17, 15) is 13.2 Å². The van der Waals surface area contributed by atoms with Crippen LogP contribution in [0.1, 0.15) is 49.7 Å². The first-order valence-electron chi connectivity index (χ1n) is 7.68. The lowest BCUT2D eigenvalue weighted by molar-refractivity contribution is -0.137. The van der Waals surface area contributed by atoms with Gasteiger partial charge in [-0.2, -0.15) is 13.2 Å². The van der Waals surface area contributed by atoms with Crippen LogP contribution in [0.5, 0.6) is 0 Å². The molecule has 3 N–H and O–H groups in total. The minimum Gasteiger partial charge on any atom is -0.370 e. The lowest BCUT2D eigenvalue weighted by Gasteiger charge is -2.16. The molecule has 1 aromatic carbocycles. The van der Waals surface area contributed by atoms with Crippen LogP contribution in [-0.4, -0.2) is 12.0 Å². The fourth-order valence-corrected chi connectivity index (χ4v) is 2.65. The van der Waals surface area contributed by atoms with E-state index >= 15 is 0 Å². The topological polar surface area (TPSA) is 50.4 Å². The molecule has 3 nitrogen and oxygen atoms in total. The molecule has 0 unspecified atom stereocenters. The molecule has 23 heavy (non-hydrogen) atoms. The van der Waals surface area contributed by atoms with Crippen LogP contribution >= 0.6 is 24.0 Å². The third kappa shape index (κ3) is 6.97. The zero-order valence-electron chi connectivity index (χ0n) is 12.9. The number of nitrogens with zero attached hydrogens (tertiary/aromatic N) is 1. The summed E-state index contributed by atoms with van der Waals surface area (Å²) >= 11 is 0. The first kappa shape index (κ1) is 20.1. The molecule has 0 bridgehead atoms. The monoisotopic (exact) mass is 441 g/mol. The van der Waals surface area contributed by atoms with Crippen LogP contribution < -0.4 is 11.1 Å². The summed E-state index contributed by atoms with van der Waals surface area (Å²) in [6.07, 6.45) is 2.81. The molecule has 0 aliphatic heterocycles. The number of alkyl halides is 3. The molecule has 1 aliphatic rings. The third-order valence-corrected chi connectivity index (χ3v) is 3.92. The van der Waals surface area contributed by atoms with E-state index in [1.165, 1.54) is 37.8 Å². The molecule has 0 atom stereocenters. The summed E-state index contributed by atoms with van der Waals surface area (Å²) in [6.45, 7) is 0.281. The van der Waals surface area contributed by atoms with Gasteiger partial charge in [-0.05, 0) is 30.5 Å². The summed E-state index contributed by atoms with van der Waals surface area (Å²) in [6, 6.07) is 5.37. The Morgan fingerprint density at radius 3 is 2.17 bits per heavy atom. The van der Waals surface area contributed by atoms with Crippen LogP contribution in [0.2, 0.25) is 0 Å². The molecule has 1 saturated carbocycles. The fraction of sp³-hybridized carbons (Fsp3) is 0.562. The SMILES string of the molecule is I.NC(=NCc1ccc(C(F)(F)F)cc1)NC1CCCCCC1. The highest BCUT2D eigenvalue weighted by atomic mass is 127. The third-order valence-electron chi connectivity index (χ3n) is 3.92. The van der Waals surface area contributed by atoms with Crippen LogP contribution in [-0.2, 0) is 12.7 Å². The van der Waals surface area contributed by atoms with Gasteiger partial charge in [0.15, 0.2) is 5.96 Å². The van der Waals surface area contributed by atoms with Gasteiger partial charge in [0.05, 0.1) is 12.1 Å². The number of aliphatic imine (C=N–C) groups is 1. The van der Waals surface area contributed by atoms with Crippen molar-refractivity contribution in [2.45, 2.75) is 57.3 Å². The second-order valence-electron chi connectivity index (χ2n) is 5.73. The largest absolute Gasteiger partial charge is 0.416 e. The van der Waals surface area contributed by atoms with Crippen molar-refractivity contribution < 1.29 is 13.2 Å². The van der Waals surface area contributed by atoms with E-state index in [-0.39, 0.29) is 30.5 Å². The molecule has 2 rings (SSSR count). The number of nitrogens with one attached hydrogen (secondary N) is 1. The molecule has 0 aromatic heterocycles. The van der Waals surface area contributed by atoms with Gasteiger partial charge in [-0.25, -0.2) is 4.99 Å². The zero-order valence-corrected chi connectivity index (χ0v) is 15.2. The fourth-order valence-electron chi connectivity index (χ4n) is 2.65. The number of nitrogens with two attached hydrogens (primary N) is 1. The normalized spacial score (nSPS) is 17.3. The smallest absolute Gasteiger partial charge is 0.370 e. The van der Waals surface area contributed by atoms with Gasteiger partial charge in [-0.3, -0.25) is 0 Å². The van der Waals surface area contributed by atoms with Crippen molar-refractivity contribution in [3.8, 4) is 0 Å². The minimum atomic E-state index is -4.30. The van der Waals surface area contributed by atoms with E-state index in [4.69, 9.17) is 5.73 Å². The Kier molecular flexibility index (Phi) is 8.15. The van der Waals surface area contributed by atoms with Gasteiger partial charge in [0.1, 0.15) is 0 Å². The number of benzene rings is 1. The van der Waals surface area contributed by atoms with Gasteiger partial charge in [0.2, 0.25) is 0 Å². The van der Waals surface area contributed by atoms with Gasteiger partial charge in [0, 0.05) is 6.04 Å². The highest BCUT2D eigenvalue weighted by molar-refractivity contribution is 14.0. The summed E-state index contributed by atoms with van der Waals surface area (Å²) in [5.41, 5.74) is 5.92. The predicted molar refractivity (Wildman–Crippen MR) is 96.8 cm³/mol. The van der Waals surface area contributed by atoms with Crippen molar-refractivity contribution in [1.82, 2.24) is 5.32 Å². The molecule has 7 heteroatoms. The van der Waals surface area contributed by atoms with Crippen LogP contribution in [0.3, 0.4) is 0 Å². The summed E-state index contributed by atoms with van der Waals surface area (Å²) in [7, 11) is 0. The van der Waals surface area contributed by atoms with Crippen molar-refractivity contribution in [1.29, 1.82) is 0 Å². The molecule has 130 valence electrons. The summed E-state index contributed by atoms with van der Waals surface area (Å²) < 4.78 is 37.4. The summed E-state index contributed by atoms with van der Waals surface area (Å²) in [4.78, 5) is 4.21. The Morgan fingerprint density at radius 1 is 1.09 bits per heavy atom. The van der Waals surface area contributed by atoms with E-state index in [1.54, 1.807) is 0 Å². The van der Waals surface area contributed by atoms with Gasteiger partial charge in [-0.1, -0.05) is 37.8 Å². The Hall–Kier alpha value is -0.990. The molecule has 0 heterocycles. The van der Waals surface area contributed by atoms with Crippen molar-refractivity contribution in [3.05, 3.63) is 35.4 Å². The van der Waals surface area contributed by atoms with Gasteiger partial charge in [-0.15, -0.1) is 24.0 Å². The lowest BCUT2D eigenvalue weighted by atomic mass is 10.1. The van der Waals surface area contributed by atoms with Gasteiger partial charge in [0.25, 0.3) is 0 Å². The Labute approximate surface area is 152 Å². The van der Waals surface area contributed by atoms with E-state index in [1.807, 2.05) is 0 Å². The van der Waals surface area contributed by atoms with E-state index in [0.717, 1.165) is 25.0 Å². The van der Waals surface area contributed by atoms with Crippen LogP contribution in [0.15, 0.2) is 29.3 Å². The zero-order chi connectivity index (χ0) is 16.0. The number of guanidine groups is 1. The molecule has 0 saturated heterocycles. The average molecular weight is 441 g/mol. The Balaban J connectivity index is 0.00000264. The van der Waals surface area contributed by atoms with Crippen LogP contribution in [0.4, 0.5) is 13.2 Å². The van der Waals surface area contributed by atoms with Crippen LogP contribution in [0.25, 0.3) is 0 Å². The molecule has 1 fully saturated rings. The van der Waals surface area contributed by atoms with Crippen LogP contribution in [0, 0.1) is 0 Å². The van der Waals surface area contributed by atoms with E-state index in [0.29, 0.717) is 17.6 Å². The van der Waals surface area contributed by atoms with Crippen molar-refractivity contribution >= 4 is 29.9 Å². The summed E-state index contributed by atoms with van der Waals surface area (Å²) in [5, 5.41) is 3.21. The highest BCUT2D eigenvalue weighted by Crippen LogP contribution is 2.29. The van der Waals surface area contributed by atoms with Gasteiger partial charge >= 0.3 is 6.18 Å². The first-order chi connectivity index (χ1) is 10.4. The van der Waals surface area contributed by atoms with Crippen molar-refractivity contribution in [3.63, 3.8) is 0 Å². The standard InChI is InChI=1S/C16H22F3N3.HI/c17-16(18,19)13-9-7-12(8-10-13)11-21-15(20)22-14-5-3-1-2-4-6-14;/h7-10,14H,1-6,11H2,(H3,20,21,22);1H. The number of hydrogen-bond acceptors (Lipinski definition) is 1. The second kappa shape index (κ2) is 9.34. The predicted octanol–water partition coefficient (Wildman–Crippen LogP) is 4.45. The Morgan fingerprint density at radius 2 is 1.65 bits per heavy atom. The number of rotatable bonds is 3. The highest BCUT2D eigenvalue weighted by Gasteiger charge is 2.29. The summed E-state index contributed by atoms with van der Waals surface area (Å²) in [5.74, 6) is 0.367.